The van der Waals surface area contributed by atoms with Crippen molar-refractivity contribution in [3.63, 3.8) is 0 Å². The minimum Gasteiger partial charge on any atom is -0.384 e. The summed E-state index contributed by atoms with van der Waals surface area (Å²) in [6, 6.07) is 3.77. The first-order chi connectivity index (χ1) is 6.59. The molecule has 0 saturated heterocycles. The van der Waals surface area contributed by atoms with Gasteiger partial charge in [0.15, 0.2) is 0 Å². The van der Waals surface area contributed by atoms with Gasteiger partial charge in [-0.2, -0.15) is 0 Å². The first kappa shape index (κ1) is 10.1. The highest BCUT2D eigenvalue weighted by molar-refractivity contribution is 6.35. The summed E-state index contributed by atoms with van der Waals surface area (Å²) in [4.78, 5) is 0. The van der Waals surface area contributed by atoms with E-state index in [2.05, 4.69) is 19.2 Å². The van der Waals surface area contributed by atoms with E-state index >= 15 is 0 Å². The molecule has 0 amide bonds. The van der Waals surface area contributed by atoms with E-state index in [1.54, 1.807) is 0 Å². The Bertz CT molecular complexity index is 361. The molecular weight excluding hydrogens is 217 g/mol. The second kappa shape index (κ2) is 3.63. The third-order valence-electron chi connectivity index (χ3n) is 2.78. The van der Waals surface area contributed by atoms with Crippen LogP contribution in [0.2, 0.25) is 10.0 Å². The summed E-state index contributed by atoms with van der Waals surface area (Å²) >= 11 is 12.1. The number of benzene rings is 1. The largest absolute Gasteiger partial charge is 0.384 e. The SMILES string of the molecule is CC(C)C1CNc2cc(Cl)cc(Cl)c21. The van der Waals surface area contributed by atoms with Gasteiger partial charge < -0.3 is 5.32 Å². The Labute approximate surface area is 94.4 Å². The highest BCUT2D eigenvalue weighted by Gasteiger charge is 2.27. The fraction of sp³-hybridized carbons (Fsp3) is 0.455. The molecule has 0 saturated carbocycles. The Morgan fingerprint density at radius 3 is 2.71 bits per heavy atom. The quantitative estimate of drug-likeness (QED) is 0.763. The first-order valence-corrected chi connectivity index (χ1v) is 5.58. The average molecular weight is 230 g/mol. The maximum atomic E-state index is 6.19. The molecule has 0 fully saturated rings. The van der Waals surface area contributed by atoms with E-state index in [0.29, 0.717) is 16.9 Å². The minimum atomic E-state index is 0.509. The lowest BCUT2D eigenvalue weighted by atomic mass is 9.90. The van der Waals surface area contributed by atoms with Crippen LogP contribution in [0.15, 0.2) is 12.1 Å². The van der Waals surface area contributed by atoms with Crippen molar-refractivity contribution < 1.29 is 0 Å². The molecule has 1 aromatic carbocycles. The number of hydrogen-bond acceptors (Lipinski definition) is 1. The maximum absolute atomic E-state index is 6.19. The van der Waals surface area contributed by atoms with Crippen LogP contribution < -0.4 is 5.32 Å². The molecule has 1 N–H and O–H groups in total. The van der Waals surface area contributed by atoms with Gasteiger partial charge in [0.25, 0.3) is 0 Å². The van der Waals surface area contributed by atoms with E-state index in [9.17, 15) is 0 Å². The van der Waals surface area contributed by atoms with Crippen molar-refractivity contribution in [3.8, 4) is 0 Å². The van der Waals surface area contributed by atoms with E-state index in [-0.39, 0.29) is 0 Å². The molecule has 0 spiro atoms. The molecule has 1 atom stereocenters. The van der Waals surface area contributed by atoms with E-state index in [1.165, 1.54) is 5.56 Å². The van der Waals surface area contributed by atoms with Crippen LogP contribution in [0, 0.1) is 5.92 Å². The number of nitrogens with one attached hydrogen (secondary N) is 1. The van der Waals surface area contributed by atoms with Crippen LogP contribution in [0.5, 0.6) is 0 Å². The van der Waals surface area contributed by atoms with Gasteiger partial charge in [-0.3, -0.25) is 0 Å². The number of halogens is 2. The molecule has 1 aliphatic rings. The smallest absolute Gasteiger partial charge is 0.0477 e. The van der Waals surface area contributed by atoms with Crippen molar-refractivity contribution >= 4 is 28.9 Å². The molecule has 76 valence electrons. The van der Waals surface area contributed by atoms with Gasteiger partial charge in [-0.1, -0.05) is 37.0 Å². The van der Waals surface area contributed by atoms with Crippen LogP contribution in [0.25, 0.3) is 0 Å². The van der Waals surface area contributed by atoms with Crippen molar-refractivity contribution in [1.82, 2.24) is 0 Å². The molecule has 1 unspecified atom stereocenters. The molecule has 0 aromatic heterocycles. The predicted molar refractivity (Wildman–Crippen MR) is 62.5 cm³/mol. The van der Waals surface area contributed by atoms with Crippen LogP contribution in [0.1, 0.15) is 25.3 Å². The Kier molecular flexibility index (Phi) is 2.63. The van der Waals surface area contributed by atoms with Gasteiger partial charge in [0.05, 0.1) is 0 Å². The average Bonchev–Trinajstić information content (AvgIpc) is 2.47. The second-order valence-electron chi connectivity index (χ2n) is 4.08. The van der Waals surface area contributed by atoms with Crippen LogP contribution in [-0.2, 0) is 0 Å². The summed E-state index contributed by atoms with van der Waals surface area (Å²) in [5.74, 6) is 1.11. The van der Waals surface area contributed by atoms with Gasteiger partial charge in [0.2, 0.25) is 0 Å². The van der Waals surface area contributed by atoms with Gasteiger partial charge in [-0.05, 0) is 23.6 Å². The van der Waals surface area contributed by atoms with Crippen molar-refractivity contribution in [1.29, 1.82) is 0 Å². The molecular formula is C11H13Cl2N. The first-order valence-electron chi connectivity index (χ1n) is 4.82. The Balaban J connectivity index is 2.49. The van der Waals surface area contributed by atoms with Gasteiger partial charge in [0.1, 0.15) is 0 Å². The molecule has 14 heavy (non-hydrogen) atoms. The molecule has 2 rings (SSSR count). The summed E-state index contributed by atoms with van der Waals surface area (Å²) in [6.45, 7) is 5.39. The molecule has 3 heteroatoms. The molecule has 1 heterocycles. The molecule has 1 aromatic rings. The summed E-state index contributed by atoms with van der Waals surface area (Å²) in [7, 11) is 0. The number of anilines is 1. The van der Waals surface area contributed by atoms with Crippen molar-refractivity contribution in [3.05, 3.63) is 27.7 Å². The van der Waals surface area contributed by atoms with Crippen molar-refractivity contribution in [2.45, 2.75) is 19.8 Å². The second-order valence-corrected chi connectivity index (χ2v) is 4.92. The van der Waals surface area contributed by atoms with Crippen LogP contribution in [0.3, 0.4) is 0 Å². The number of fused-ring (bicyclic) bond motifs is 1. The normalized spacial score (nSPS) is 19.6. The summed E-state index contributed by atoms with van der Waals surface area (Å²) in [5, 5.41) is 4.83. The summed E-state index contributed by atoms with van der Waals surface area (Å²) in [6.07, 6.45) is 0. The number of rotatable bonds is 1. The highest BCUT2D eigenvalue weighted by Crippen LogP contribution is 2.42. The van der Waals surface area contributed by atoms with Gasteiger partial charge in [0, 0.05) is 28.2 Å². The van der Waals surface area contributed by atoms with E-state index in [0.717, 1.165) is 17.3 Å². The Morgan fingerprint density at radius 2 is 2.07 bits per heavy atom. The Morgan fingerprint density at radius 1 is 1.36 bits per heavy atom. The predicted octanol–water partition coefficient (Wildman–Crippen LogP) is 4.16. The zero-order valence-electron chi connectivity index (χ0n) is 8.27. The molecule has 1 aliphatic heterocycles. The third-order valence-corrected chi connectivity index (χ3v) is 3.31. The third kappa shape index (κ3) is 1.59. The minimum absolute atomic E-state index is 0.509. The van der Waals surface area contributed by atoms with Crippen molar-refractivity contribution in [2.24, 2.45) is 5.92 Å². The zero-order valence-corrected chi connectivity index (χ0v) is 9.78. The lowest BCUT2D eigenvalue weighted by Gasteiger charge is -2.15. The van der Waals surface area contributed by atoms with Gasteiger partial charge in [-0.25, -0.2) is 0 Å². The molecule has 1 nitrogen and oxygen atoms in total. The van der Waals surface area contributed by atoms with E-state index in [1.807, 2.05) is 12.1 Å². The molecule has 0 radical (unpaired) electrons. The van der Waals surface area contributed by atoms with Crippen molar-refractivity contribution in [2.75, 3.05) is 11.9 Å². The van der Waals surface area contributed by atoms with E-state index < -0.39 is 0 Å². The summed E-state index contributed by atoms with van der Waals surface area (Å²) in [5.41, 5.74) is 2.33. The topological polar surface area (TPSA) is 12.0 Å². The number of hydrogen-bond donors (Lipinski definition) is 1. The molecule has 0 bridgehead atoms. The fourth-order valence-corrected chi connectivity index (χ4v) is 2.63. The van der Waals surface area contributed by atoms with Gasteiger partial charge in [-0.15, -0.1) is 0 Å². The van der Waals surface area contributed by atoms with E-state index in [4.69, 9.17) is 23.2 Å². The molecule has 0 aliphatic carbocycles. The van der Waals surface area contributed by atoms with Crippen LogP contribution in [-0.4, -0.2) is 6.54 Å². The monoisotopic (exact) mass is 229 g/mol. The van der Waals surface area contributed by atoms with Crippen LogP contribution >= 0.6 is 23.2 Å². The lowest BCUT2D eigenvalue weighted by molar-refractivity contribution is 0.533. The Hall–Kier alpha value is -0.400. The van der Waals surface area contributed by atoms with Gasteiger partial charge >= 0.3 is 0 Å². The van der Waals surface area contributed by atoms with Crippen LogP contribution in [0.4, 0.5) is 5.69 Å². The highest BCUT2D eigenvalue weighted by atomic mass is 35.5. The lowest BCUT2D eigenvalue weighted by Crippen LogP contribution is -2.08. The zero-order chi connectivity index (χ0) is 10.3. The summed E-state index contributed by atoms with van der Waals surface area (Å²) < 4.78 is 0. The fourth-order valence-electron chi connectivity index (χ4n) is 2.00. The standard InChI is InChI=1S/C11H13Cl2N/c1-6(2)8-5-14-10-4-7(12)3-9(13)11(8)10/h3-4,6,8,14H,5H2,1-2H3. The maximum Gasteiger partial charge on any atom is 0.0477 e.